The van der Waals surface area contributed by atoms with Crippen LogP contribution < -0.4 is 5.32 Å². The first-order chi connectivity index (χ1) is 8.20. The zero-order valence-corrected chi connectivity index (χ0v) is 9.42. The number of carbonyl (C=O) groups is 1. The molecule has 0 bridgehead atoms. The van der Waals surface area contributed by atoms with Crippen LogP contribution in [0.25, 0.3) is 11.0 Å². The Hall–Kier alpha value is -2.01. The van der Waals surface area contributed by atoms with Crippen LogP contribution >= 0.6 is 0 Å². The number of nitrogens with one attached hydrogen (secondary N) is 1. The maximum atomic E-state index is 11.7. The molecule has 1 amide bonds. The quantitative estimate of drug-likeness (QED) is 0.817. The van der Waals surface area contributed by atoms with Crippen LogP contribution in [0.2, 0.25) is 0 Å². The Morgan fingerprint density at radius 2 is 2.12 bits per heavy atom. The molecule has 0 unspecified atom stereocenters. The van der Waals surface area contributed by atoms with Crippen molar-refractivity contribution in [1.29, 1.82) is 0 Å². The van der Waals surface area contributed by atoms with Crippen molar-refractivity contribution in [3.8, 4) is 0 Å². The summed E-state index contributed by atoms with van der Waals surface area (Å²) < 4.78 is 0. The molecule has 0 aliphatic rings. The minimum Gasteiger partial charge on any atom is -0.394 e. The molecule has 17 heavy (non-hydrogen) atoms. The van der Waals surface area contributed by atoms with Crippen molar-refractivity contribution in [3.05, 3.63) is 36.2 Å². The molecule has 0 saturated carbocycles. The van der Waals surface area contributed by atoms with Gasteiger partial charge in [-0.25, -0.2) is 4.98 Å². The first kappa shape index (κ1) is 11.5. The second-order valence-electron chi connectivity index (χ2n) is 3.80. The van der Waals surface area contributed by atoms with Gasteiger partial charge in [-0.05, 0) is 19.1 Å². The predicted molar refractivity (Wildman–Crippen MR) is 63.6 cm³/mol. The van der Waals surface area contributed by atoms with Crippen LogP contribution in [-0.2, 0) is 0 Å². The zero-order chi connectivity index (χ0) is 12.3. The maximum absolute atomic E-state index is 11.7. The van der Waals surface area contributed by atoms with Crippen molar-refractivity contribution >= 4 is 16.9 Å². The van der Waals surface area contributed by atoms with Gasteiger partial charge in [0.05, 0.1) is 23.8 Å². The molecule has 1 heterocycles. The number of carbonyl (C=O) groups excluding carboxylic acids is 1. The fourth-order valence-electron chi connectivity index (χ4n) is 1.41. The van der Waals surface area contributed by atoms with E-state index < -0.39 is 0 Å². The Morgan fingerprint density at radius 1 is 1.41 bits per heavy atom. The Morgan fingerprint density at radius 3 is 2.82 bits per heavy atom. The topological polar surface area (TPSA) is 75.1 Å². The highest BCUT2D eigenvalue weighted by atomic mass is 16.3. The lowest BCUT2D eigenvalue weighted by Crippen LogP contribution is -2.35. The van der Waals surface area contributed by atoms with E-state index in [0.717, 1.165) is 5.52 Å². The molecule has 2 rings (SSSR count). The number of aliphatic hydroxyl groups excluding tert-OH is 1. The van der Waals surface area contributed by atoms with Crippen LogP contribution in [-0.4, -0.2) is 33.6 Å². The number of para-hydroxylation sites is 2. The first-order valence-corrected chi connectivity index (χ1v) is 5.34. The smallest absolute Gasteiger partial charge is 0.271 e. The van der Waals surface area contributed by atoms with E-state index in [4.69, 9.17) is 5.11 Å². The largest absolute Gasteiger partial charge is 0.394 e. The van der Waals surface area contributed by atoms with Gasteiger partial charge in [0.2, 0.25) is 0 Å². The number of amides is 1. The highest BCUT2D eigenvalue weighted by Gasteiger charge is 2.11. The molecule has 0 saturated heterocycles. The monoisotopic (exact) mass is 231 g/mol. The molecular formula is C12H13N3O2. The number of nitrogens with zero attached hydrogens (tertiary/aromatic N) is 2. The minimum absolute atomic E-state index is 0.104. The lowest BCUT2D eigenvalue weighted by Gasteiger charge is -2.10. The number of aromatic nitrogens is 2. The SMILES string of the molecule is C[C@@H](CO)NC(=O)c1cnc2ccccc2n1. The molecule has 2 aromatic rings. The summed E-state index contributed by atoms with van der Waals surface area (Å²) in [5, 5.41) is 11.5. The molecule has 0 spiro atoms. The van der Waals surface area contributed by atoms with E-state index in [0.29, 0.717) is 5.52 Å². The van der Waals surface area contributed by atoms with Gasteiger partial charge in [-0.3, -0.25) is 9.78 Å². The Balaban J connectivity index is 2.27. The van der Waals surface area contributed by atoms with Gasteiger partial charge >= 0.3 is 0 Å². The number of rotatable bonds is 3. The van der Waals surface area contributed by atoms with E-state index in [9.17, 15) is 4.79 Å². The highest BCUT2D eigenvalue weighted by Crippen LogP contribution is 2.08. The van der Waals surface area contributed by atoms with Crippen LogP contribution in [0.4, 0.5) is 0 Å². The van der Waals surface area contributed by atoms with E-state index in [1.54, 1.807) is 13.0 Å². The van der Waals surface area contributed by atoms with Gasteiger partial charge in [-0.15, -0.1) is 0 Å². The molecular weight excluding hydrogens is 218 g/mol. The van der Waals surface area contributed by atoms with Gasteiger partial charge in [0.15, 0.2) is 0 Å². The molecule has 0 radical (unpaired) electrons. The third-order valence-electron chi connectivity index (χ3n) is 2.33. The summed E-state index contributed by atoms with van der Waals surface area (Å²) in [5.41, 5.74) is 1.68. The highest BCUT2D eigenvalue weighted by molar-refractivity contribution is 5.93. The summed E-state index contributed by atoms with van der Waals surface area (Å²) >= 11 is 0. The second kappa shape index (κ2) is 4.88. The predicted octanol–water partition coefficient (Wildman–Crippen LogP) is 0.740. The van der Waals surface area contributed by atoms with E-state index in [1.165, 1.54) is 6.20 Å². The fourth-order valence-corrected chi connectivity index (χ4v) is 1.41. The molecule has 1 aromatic heterocycles. The normalized spacial score (nSPS) is 12.4. The zero-order valence-electron chi connectivity index (χ0n) is 9.42. The van der Waals surface area contributed by atoms with Crippen LogP contribution in [0.15, 0.2) is 30.5 Å². The number of hydrogen-bond acceptors (Lipinski definition) is 4. The average molecular weight is 231 g/mol. The van der Waals surface area contributed by atoms with Crippen molar-refractivity contribution in [2.24, 2.45) is 0 Å². The Bertz CT molecular complexity index is 542. The molecule has 88 valence electrons. The van der Waals surface area contributed by atoms with Crippen molar-refractivity contribution in [3.63, 3.8) is 0 Å². The molecule has 1 aromatic carbocycles. The molecule has 0 aliphatic carbocycles. The summed E-state index contributed by atoms with van der Waals surface area (Å²) in [6, 6.07) is 7.05. The molecule has 0 aliphatic heterocycles. The fraction of sp³-hybridized carbons (Fsp3) is 0.250. The maximum Gasteiger partial charge on any atom is 0.271 e. The summed E-state index contributed by atoms with van der Waals surface area (Å²) in [7, 11) is 0. The lowest BCUT2D eigenvalue weighted by atomic mass is 10.3. The van der Waals surface area contributed by atoms with Crippen LogP contribution in [0.3, 0.4) is 0 Å². The number of fused-ring (bicyclic) bond motifs is 1. The van der Waals surface area contributed by atoms with Gasteiger partial charge in [-0.1, -0.05) is 12.1 Å². The second-order valence-corrected chi connectivity index (χ2v) is 3.80. The summed E-state index contributed by atoms with van der Waals surface area (Å²) in [5.74, 6) is -0.329. The van der Waals surface area contributed by atoms with Gasteiger partial charge in [0, 0.05) is 6.04 Å². The lowest BCUT2D eigenvalue weighted by molar-refractivity contribution is 0.0917. The van der Waals surface area contributed by atoms with Gasteiger partial charge < -0.3 is 10.4 Å². The van der Waals surface area contributed by atoms with Gasteiger partial charge in [0.1, 0.15) is 5.69 Å². The first-order valence-electron chi connectivity index (χ1n) is 5.34. The standard InChI is InChI=1S/C12H13N3O2/c1-8(7-16)14-12(17)11-6-13-9-4-2-3-5-10(9)15-11/h2-6,8,16H,7H2,1H3,(H,14,17)/t8-/m0/s1. The third kappa shape index (κ3) is 2.57. The molecule has 2 N–H and O–H groups in total. The molecule has 0 fully saturated rings. The van der Waals surface area contributed by atoms with Crippen molar-refractivity contribution in [2.45, 2.75) is 13.0 Å². The molecule has 1 atom stereocenters. The summed E-state index contributed by atoms with van der Waals surface area (Å²) in [4.78, 5) is 20.1. The van der Waals surface area contributed by atoms with E-state index in [-0.39, 0.29) is 24.2 Å². The van der Waals surface area contributed by atoms with Crippen LogP contribution in [0, 0.1) is 0 Å². The van der Waals surface area contributed by atoms with E-state index in [2.05, 4.69) is 15.3 Å². The van der Waals surface area contributed by atoms with Crippen molar-refractivity contribution in [1.82, 2.24) is 15.3 Å². The van der Waals surface area contributed by atoms with Crippen molar-refractivity contribution in [2.75, 3.05) is 6.61 Å². The summed E-state index contributed by atoms with van der Waals surface area (Å²) in [6.07, 6.45) is 1.43. The van der Waals surface area contributed by atoms with E-state index >= 15 is 0 Å². The third-order valence-corrected chi connectivity index (χ3v) is 2.33. The van der Waals surface area contributed by atoms with Crippen LogP contribution in [0.5, 0.6) is 0 Å². The number of benzene rings is 1. The van der Waals surface area contributed by atoms with E-state index in [1.807, 2.05) is 18.2 Å². The minimum atomic E-state index is -0.329. The van der Waals surface area contributed by atoms with Gasteiger partial charge in [-0.2, -0.15) is 0 Å². The Labute approximate surface area is 98.5 Å². The van der Waals surface area contributed by atoms with Crippen LogP contribution in [0.1, 0.15) is 17.4 Å². The molecule has 5 nitrogen and oxygen atoms in total. The molecule has 5 heteroatoms. The average Bonchev–Trinajstić information content (AvgIpc) is 2.38. The van der Waals surface area contributed by atoms with Crippen molar-refractivity contribution < 1.29 is 9.90 Å². The number of hydrogen-bond donors (Lipinski definition) is 2. The number of aliphatic hydroxyl groups is 1. The van der Waals surface area contributed by atoms with Gasteiger partial charge in [0.25, 0.3) is 5.91 Å². The Kier molecular flexibility index (Phi) is 3.30. The summed E-state index contributed by atoms with van der Waals surface area (Å²) in [6.45, 7) is 1.61.